The van der Waals surface area contributed by atoms with Crippen LogP contribution in [0.4, 0.5) is 0 Å². The Morgan fingerprint density at radius 1 is 1.24 bits per heavy atom. The van der Waals surface area contributed by atoms with E-state index in [0.29, 0.717) is 4.88 Å². The van der Waals surface area contributed by atoms with Crippen LogP contribution in [0.15, 0.2) is 24.3 Å². The van der Waals surface area contributed by atoms with Gasteiger partial charge in [0.2, 0.25) is 0 Å². The molecule has 17 heavy (non-hydrogen) atoms. The topological polar surface area (TPSA) is 42.0 Å². The molecule has 1 heterocycles. The van der Waals surface area contributed by atoms with Crippen molar-refractivity contribution in [3.8, 4) is 10.6 Å². The van der Waals surface area contributed by atoms with Gasteiger partial charge in [-0.15, -0.1) is 11.3 Å². The Morgan fingerprint density at radius 2 is 1.88 bits per heavy atom. The minimum absolute atomic E-state index is 0.0710. The summed E-state index contributed by atoms with van der Waals surface area (Å²) in [6.07, 6.45) is 0. The van der Waals surface area contributed by atoms with Gasteiger partial charge in [0.15, 0.2) is 0 Å². The van der Waals surface area contributed by atoms with E-state index in [4.69, 9.17) is 0 Å². The molecule has 2 aromatic rings. The van der Waals surface area contributed by atoms with Gasteiger partial charge in [-0.3, -0.25) is 4.79 Å². The summed E-state index contributed by atoms with van der Waals surface area (Å²) in [5.74, 6) is -0.0710. The maximum atomic E-state index is 11.6. The summed E-state index contributed by atoms with van der Waals surface area (Å²) in [4.78, 5) is 16.7. The number of amides is 1. The highest BCUT2D eigenvalue weighted by molar-refractivity contribution is 7.17. The third kappa shape index (κ3) is 2.36. The van der Waals surface area contributed by atoms with Crippen LogP contribution in [0.5, 0.6) is 0 Å². The van der Waals surface area contributed by atoms with Crippen LogP contribution in [0, 0.1) is 13.8 Å². The van der Waals surface area contributed by atoms with Crippen LogP contribution in [-0.4, -0.2) is 17.9 Å². The fourth-order valence-electron chi connectivity index (χ4n) is 1.54. The van der Waals surface area contributed by atoms with Crippen molar-refractivity contribution in [1.29, 1.82) is 0 Å². The smallest absolute Gasteiger partial charge is 0.263 e. The molecule has 1 aromatic heterocycles. The predicted octanol–water partition coefficient (Wildman–Crippen LogP) is 2.79. The molecule has 0 spiro atoms. The lowest BCUT2D eigenvalue weighted by Crippen LogP contribution is -2.17. The molecule has 3 nitrogen and oxygen atoms in total. The summed E-state index contributed by atoms with van der Waals surface area (Å²) in [6.45, 7) is 3.91. The molecule has 88 valence electrons. The molecule has 2 rings (SSSR count). The molecule has 0 fully saturated rings. The largest absolute Gasteiger partial charge is 0.354 e. The van der Waals surface area contributed by atoms with Crippen LogP contribution in [0.1, 0.15) is 20.9 Å². The second kappa shape index (κ2) is 4.67. The molecule has 1 N–H and O–H groups in total. The molecule has 1 aromatic carbocycles. The maximum absolute atomic E-state index is 11.6. The first-order valence-corrected chi connectivity index (χ1v) is 6.20. The van der Waals surface area contributed by atoms with E-state index in [1.54, 1.807) is 7.05 Å². The van der Waals surface area contributed by atoms with Gasteiger partial charge in [-0.05, 0) is 13.8 Å². The lowest BCUT2D eigenvalue weighted by atomic mass is 10.2. The van der Waals surface area contributed by atoms with E-state index in [2.05, 4.69) is 10.3 Å². The number of rotatable bonds is 2. The molecular formula is C13H14N2OS. The fourth-order valence-corrected chi connectivity index (χ4v) is 2.56. The zero-order valence-corrected chi connectivity index (χ0v) is 10.9. The average molecular weight is 246 g/mol. The molecule has 0 saturated heterocycles. The summed E-state index contributed by atoms with van der Waals surface area (Å²) < 4.78 is 0. The van der Waals surface area contributed by atoms with Gasteiger partial charge in [0, 0.05) is 12.6 Å². The number of aromatic nitrogens is 1. The number of hydrogen-bond acceptors (Lipinski definition) is 3. The Kier molecular flexibility index (Phi) is 3.24. The summed E-state index contributed by atoms with van der Waals surface area (Å²) in [5, 5.41) is 3.52. The number of nitrogens with one attached hydrogen (secondary N) is 1. The highest BCUT2D eigenvalue weighted by atomic mass is 32.1. The van der Waals surface area contributed by atoms with Crippen molar-refractivity contribution in [1.82, 2.24) is 10.3 Å². The van der Waals surface area contributed by atoms with Crippen molar-refractivity contribution >= 4 is 17.2 Å². The standard InChI is InChI=1S/C13H14N2OS/c1-8-4-6-10(7-5-8)13-15-9(2)11(17-13)12(16)14-3/h4-7H,1-3H3,(H,14,16). The predicted molar refractivity (Wildman–Crippen MR) is 70.4 cm³/mol. The van der Waals surface area contributed by atoms with Crippen molar-refractivity contribution in [2.75, 3.05) is 7.05 Å². The minimum atomic E-state index is -0.0710. The molecule has 0 aliphatic heterocycles. The van der Waals surface area contributed by atoms with Crippen molar-refractivity contribution in [2.45, 2.75) is 13.8 Å². The molecular weight excluding hydrogens is 232 g/mol. The van der Waals surface area contributed by atoms with Gasteiger partial charge < -0.3 is 5.32 Å². The maximum Gasteiger partial charge on any atom is 0.263 e. The van der Waals surface area contributed by atoms with Crippen molar-refractivity contribution in [3.63, 3.8) is 0 Å². The van der Waals surface area contributed by atoms with Crippen LogP contribution >= 0.6 is 11.3 Å². The lowest BCUT2D eigenvalue weighted by Gasteiger charge is -1.96. The highest BCUT2D eigenvalue weighted by Crippen LogP contribution is 2.27. The SMILES string of the molecule is CNC(=O)c1sc(-c2ccc(C)cc2)nc1C. The Balaban J connectivity index is 2.41. The first-order chi connectivity index (χ1) is 8.11. The summed E-state index contributed by atoms with van der Waals surface area (Å²) in [7, 11) is 1.63. The van der Waals surface area contributed by atoms with Crippen LogP contribution < -0.4 is 5.32 Å². The molecule has 0 aliphatic carbocycles. The zero-order valence-electron chi connectivity index (χ0n) is 10.1. The lowest BCUT2D eigenvalue weighted by molar-refractivity contribution is 0.0966. The third-order valence-electron chi connectivity index (χ3n) is 2.53. The summed E-state index contributed by atoms with van der Waals surface area (Å²) in [6, 6.07) is 8.15. The van der Waals surface area contributed by atoms with E-state index < -0.39 is 0 Å². The first-order valence-electron chi connectivity index (χ1n) is 5.38. The van der Waals surface area contributed by atoms with Gasteiger partial charge in [0.25, 0.3) is 5.91 Å². The summed E-state index contributed by atoms with van der Waals surface area (Å²) in [5.41, 5.74) is 3.05. The number of nitrogens with zero attached hydrogens (tertiary/aromatic N) is 1. The second-order valence-corrected chi connectivity index (χ2v) is 4.88. The Morgan fingerprint density at radius 3 is 2.47 bits per heavy atom. The van der Waals surface area contributed by atoms with E-state index in [9.17, 15) is 4.79 Å². The van der Waals surface area contributed by atoms with Crippen LogP contribution in [0.2, 0.25) is 0 Å². The van der Waals surface area contributed by atoms with Crippen molar-refractivity contribution < 1.29 is 4.79 Å². The van der Waals surface area contributed by atoms with Gasteiger partial charge in [-0.25, -0.2) is 4.98 Å². The highest BCUT2D eigenvalue weighted by Gasteiger charge is 2.14. The van der Waals surface area contributed by atoms with E-state index in [-0.39, 0.29) is 5.91 Å². The monoisotopic (exact) mass is 246 g/mol. The van der Waals surface area contributed by atoms with Crippen molar-refractivity contribution in [2.24, 2.45) is 0 Å². The van der Waals surface area contributed by atoms with Gasteiger partial charge in [0.05, 0.1) is 5.69 Å². The zero-order chi connectivity index (χ0) is 12.4. The molecule has 4 heteroatoms. The molecule has 0 saturated carbocycles. The van der Waals surface area contributed by atoms with E-state index in [1.165, 1.54) is 16.9 Å². The number of thiazole rings is 1. The molecule has 1 amide bonds. The number of carbonyl (C=O) groups is 1. The second-order valence-electron chi connectivity index (χ2n) is 3.88. The molecule has 0 radical (unpaired) electrons. The van der Waals surface area contributed by atoms with Crippen LogP contribution in [0.3, 0.4) is 0 Å². The van der Waals surface area contributed by atoms with Crippen molar-refractivity contribution in [3.05, 3.63) is 40.4 Å². The average Bonchev–Trinajstić information content (AvgIpc) is 2.71. The minimum Gasteiger partial charge on any atom is -0.354 e. The molecule has 0 bridgehead atoms. The Labute approximate surface area is 105 Å². The summed E-state index contributed by atoms with van der Waals surface area (Å²) >= 11 is 1.43. The number of aryl methyl sites for hydroxylation is 2. The number of hydrogen-bond donors (Lipinski definition) is 1. The number of benzene rings is 1. The van der Waals surface area contributed by atoms with Gasteiger partial charge in [-0.2, -0.15) is 0 Å². The molecule has 0 unspecified atom stereocenters. The van der Waals surface area contributed by atoms with E-state index in [1.807, 2.05) is 38.1 Å². The molecule has 0 aliphatic rings. The first kappa shape index (κ1) is 11.8. The Bertz CT molecular complexity index is 543. The quantitative estimate of drug-likeness (QED) is 0.885. The third-order valence-corrected chi connectivity index (χ3v) is 3.73. The van der Waals surface area contributed by atoms with Gasteiger partial charge in [0.1, 0.15) is 9.88 Å². The van der Waals surface area contributed by atoms with Gasteiger partial charge in [-0.1, -0.05) is 29.8 Å². The number of carbonyl (C=O) groups excluding carboxylic acids is 1. The van der Waals surface area contributed by atoms with Gasteiger partial charge >= 0.3 is 0 Å². The van der Waals surface area contributed by atoms with Crippen LogP contribution in [-0.2, 0) is 0 Å². The van der Waals surface area contributed by atoms with E-state index in [0.717, 1.165) is 16.3 Å². The fraction of sp³-hybridized carbons (Fsp3) is 0.231. The van der Waals surface area contributed by atoms with E-state index >= 15 is 0 Å². The Hall–Kier alpha value is -1.68. The normalized spacial score (nSPS) is 10.3. The van der Waals surface area contributed by atoms with Crippen LogP contribution in [0.25, 0.3) is 10.6 Å². The molecule has 0 atom stereocenters.